The number of rotatable bonds is 11. The molecular weight excluding hydrogens is 416 g/mol. The van der Waals surface area contributed by atoms with Crippen LogP contribution in [0.2, 0.25) is 0 Å². The number of ether oxygens (including phenoxy) is 2. The molecule has 0 saturated carbocycles. The molecule has 1 N–H and O–H groups in total. The maximum absolute atomic E-state index is 5.61. The lowest BCUT2D eigenvalue weighted by Gasteiger charge is -2.26. The van der Waals surface area contributed by atoms with Gasteiger partial charge in [-0.15, -0.1) is 0 Å². The van der Waals surface area contributed by atoms with Gasteiger partial charge in [0.1, 0.15) is 18.3 Å². The molecule has 0 spiro atoms. The Morgan fingerprint density at radius 3 is 2.79 bits per heavy atom. The molecule has 0 bridgehead atoms. The highest BCUT2D eigenvalue weighted by Gasteiger charge is 2.20. The third-order valence-electron chi connectivity index (χ3n) is 5.66. The summed E-state index contributed by atoms with van der Waals surface area (Å²) in [6, 6.07) is 12.8. The summed E-state index contributed by atoms with van der Waals surface area (Å²) in [4.78, 5) is 15.8. The monoisotopic (exact) mass is 448 g/mol. The maximum atomic E-state index is 5.61. The highest BCUT2D eigenvalue weighted by atomic mass is 16.7. The van der Waals surface area contributed by atoms with Gasteiger partial charge in [0.25, 0.3) is 0 Å². The van der Waals surface area contributed by atoms with Crippen molar-refractivity contribution in [3.05, 3.63) is 84.1 Å². The molecule has 3 aromatic rings. The van der Waals surface area contributed by atoms with Crippen molar-refractivity contribution in [2.75, 3.05) is 20.4 Å². The molecule has 1 aromatic carbocycles. The topological polar surface area (TPSA) is 77.3 Å². The Bertz CT molecular complexity index is 1040. The van der Waals surface area contributed by atoms with Crippen LogP contribution in [0.25, 0.3) is 5.95 Å². The van der Waals surface area contributed by atoms with Crippen LogP contribution in [0.15, 0.2) is 67.1 Å². The van der Waals surface area contributed by atoms with Gasteiger partial charge in [0.2, 0.25) is 12.7 Å². The van der Waals surface area contributed by atoms with E-state index in [1.165, 1.54) is 5.56 Å². The van der Waals surface area contributed by atoms with Crippen LogP contribution in [-0.4, -0.2) is 50.8 Å². The van der Waals surface area contributed by atoms with Crippen LogP contribution >= 0.6 is 0 Å². The molecule has 1 aliphatic heterocycles. The highest BCUT2D eigenvalue weighted by molar-refractivity contribution is 5.21. The summed E-state index contributed by atoms with van der Waals surface area (Å²) in [6.45, 7) is 6.30. The van der Waals surface area contributed by atoms with Gasteiger partial charge >= 0.3 is 0 Å². The number of hydrogen-bond donors (Lipinski definition) is 1. The van der Waals surface area contributed by atoms with Gasteiger partial charge in [-0.1, -0.05) is 30.3 Å². The van der Waals surface area contributed by atoms with Crippen LogP contribution < -0.4 is 5.32 Å². The predicted molar refractivity (Wildman–Crippen MR) is 126 cm³/mol. The van der Waals surface area contributed by atoms with Crippen LogP contribution in [0.3, 0.4) is 0 Å². The number of aryl methyl sites for hydroxylation is 1. The van der Waals surface area contributed by atoms with Crippen LogP contribution in [-0.2, 0) is 16.0 Å². The van der Waals surface area contributed by atoms with E-state index in [1.54, 1.807) is 18.8 Å². The predicted octanol–water partition coefficient (Wildman–Crippen LogP) is 3.75. The summed E-state index contributed by atoms with van der Waals surface area (Å²) < 4.78 is 12.7. The summed E-state index contributed by atoms with van der Waals surface area (Å²) in [5.74, 6) is 1.51. The Hall–Kier alpha value is -3.23. The van der Waals surface area contributed by atoms with Gasteiger partial charge in [0, 0.05) is 43.1 Å². The second-order valence-electron chi connectivity index (χ2n) is 8.52. The lowest BCUT2D eigenvalue weighted by molar-refractivity contribution is 0.0758. The van der Waals surface area contributed by atoms with Crippen LogP contribution in [0.5, 0.6) is 0 Å². The number of nitrogens with zero attached hydrogens (tertiary/aromatic N) is 5. The Morgan fingerprint density at radius 1 is 1.21 bits per heavy atom. The van der Waals surface area contributed by atoms with Gasteiger partial charge in [-0.3, -0.25) is 4.57 Å². The second kappa shape index (κ2) is 11.1. The molecule has 1 aliphatic rings. The van der Waals surface area contributed by atoms with Crippen molar-refractivity contribution in [3.63, 3.8) is 0 Å². The van der Waals surface area contributed by atoms with E-state index in [2.05, 4.69) is 64.5 Å². The second-order valence-corrected chi connectivity index (χ2v) is 8.52. The quantitative estimate of drug-likeness (QED) is 0.479. The first-order chi connectivity index (χ1) is 16.1. The lowest BCUT2D eigenvalue weighted by atomic mass is 10.1. The summed E-state index contributed by atoms with van der Waals surface area (Å²) >= 11 is 0. The first-order valence-electron chi connectivity index (χ1n) is 11.3. The van der Waals surface area contributed by atoms with Gasteiger partial charge in [0.15, 0.2) is 0 Å². The number of hydrogen-bond acceptors (Lipinski definition) is 7. The van der Waals surface area contributed by atoms with E-state index in [1.807, 2.05) is 23.8 Å². The lowest BCUT2D eigenvalue weighted by Crippen LogP contribution is -2.35. The molecule has 2 atom stereocenters. The molecule has 0 aliphatic carbocycles. The van der Waals surface area contributed by atoms with Crippen molar-refractivity contribution in [2.45, 2.75) is 45.3 Å². The average Bonchev–Trinajstić information content (AvgIpc) is 3.52. The molecule has 33 heavy (non-hydrogen) atoms. The fourth-order valence-corrected chi connectivity index (χ4v) is 3.95. The van der Waals surface area contributed by atoms with Gasteiger partial charge < -0.3 is 19.7 Å². The summed E-state index contributed by atoms with van der Waals surface area (Å²) in [5, 5.41) is 3.76. The van der Waals surface area contributed by atoms with Gasteiger partial charge in [-0.2, -0.15) is 0 Å². The first kappa shape index (κ1) is 22.9. The minimum absolute atomic E-state index is 0.0429. The van der Waals surface area contributed by atoms with E-state index in [4.69, 9.17) is 14.5 Å². The molecule has 0 saturated heterocycles. The van der Waals surface area contributed by atoms with E-state index in [9.17, 15) is 0 Å². The zero-order chi connectivity index (χ0) is 23.0. The van der Waals surface area contributed by atoms with E-state index in [0.717, 1.165) is 43.1 Å². The molecular formula is C25H32N6O2. The molecule has 3 heterocycles. The largest absolute Gasteiger partial charge is 0.462 e. The Balaban J connectivity index is 1.42. The first-order valence-corrected chi connectivity index (χ1v) is 11.3. The van der Waals surface area contributed by atoms with Gasteiger partial charge in [0.05, 0.1) is 5.69 Å². The van der Waals surface area contributed by atoms with E-state index in [0.29, 0.717) is 12.7 Å². The standard InChI is InChI=1S/C25H32N6O2/c1-19-13-24(29-25(27-19)31-12-10-26-17-31)20(2)28-22(14-23-16-32-18-33-23)9-11-30(3)15-21-7-5-4-6-8-21/h4-8,10,12-13,16-17,20,22,28H,9,11,14-15,18H2,1-3H3. The smallest absolute Gasteiger partial charge is 0.235 e. The minimum Gasteiger partial charge on any atom is -0.462 e. The van der Waals surface area contributed by atoms with Crippen molar-refractivity contribution in [1.29, 1.82) is 0 Å². The molecule has 174 valence electrons. The number of nitrogens with one attached hydrogen (secondary N) is 1. The normalized spacial score (nSPS) is 15.1. The molecule has 2 aromatic heterocycles. The maximum Gasteiger partial charge on any atom is 0.235 e. The molecule has 4 rings (SSSR count). The number of imidazole rings is 1. The van der Waals surface area contributed by atoms with E-state index >= 15 is 0 Å². The number of aromatic nitrogens is 4. The van der Waals surface area contributed by atoms with Crippen LogP contribution in [0.1, 0.15) is 42.8 Å². The molecule has 8 nitrogen and oxygen atoms in total. The summed E-state index contributed by atoms with van der Waals surface area (Å²) in [6.07, 6.45) is 8.75. The molecule has 0 amide bonds. The van der Waals surface area contributed by atoms with Crippen LogP contribution in [0, 0.1) is 6.92 Å². The fraction of sp³-hybridized carbons (Fsp3) is 0.400. The summed E-state index contributed by atoms with van der Waals surface area (Å²) in [5.41, 5.74) is 3.19. The Labute approximate surface area is 195 Å². The van der Waals surface area contributed by atoms with Crippen molar-refractivity contribution < 1.29 is 9.47 Å². The van der Waals surface area contributed by atoms with Crippen molar-refractivity contribution in [2.24, 2.45) is 0 Å². The zero-order valence-corrected chi connectivity index (χ0v) is 19.5. The summed E-state index contributed by atoms with van der Waals surface area (Å²) in [7, 11) is 2.16. The average molecular weight is 449 g/mol. The molecule has 0 radical (unpaired) electrons. The third kappa shape index (κ3) is 6.63. The van der Waals surface area contributed by atoms with E-state index < -0.39 is 0 Å². The fourth-order valence-electron chi connectivity index (χ4n) is 3.95. The Kier molecular flexibility index (Phi) is 7.70. The molecule has 0 fully saturated rings. The SMILES string of the molecule is Cc1cc(C(C)NC(CCN(C)Cc2ccccc2)CC2=COCO2)nc(-n2ccnc2)n1. The third-order valence-corrected chi connectivity index (χ3v) is 5.66. The van der Waals surface area contributed by atoms with Crippen LogP contribution in [0.4, 0.5) is 0 Å². The molecule has 2 unspecified atom stereocenters. The minimum atomic E-state index is 0.0429. The van der Waals surface area contributed by atoms with Gasteiger partial charge in [-0.05, 0) is 45.5 Å². The van der Waals surface area contributed by atoms with Crippen molar-refractivity contribution in [3.8, 4) is 5.95 Å². The van der Waals surface area contributed by atoms with Gasteiger partial charge in [-0.25, -0.2) is 15.0 Å². The highest BCUT2D eigenvalue weighted by Crippen LogP contribution is 2.20. The molecule has 8 heteroatoms. The van der Waals surface area contributed by atoms with Crippen molar-refractivity contribution in [1.82, 2.24) is 29.7 Å². The number of benzene rings is 1. The zero-order valence-electron chi connectivity index (χ0n) is 19.5. The van der Waals surface area contributed by atoms with Crippen molar-refractivity contribution >= 4 is 0 Å². The Morgan fingerprint density at radius 2 is 2.06 bits per heavy atom. The van der Waals surface area contributed by atoms with E-state index in [-0.39, 0.29) is 12.1 Å².